The molecule has 5 nitrogen and oxygen atoms in total. The summed E-state index contributed by atoms with van der Waals surface area (Å²) in [4.78, 5) is 15.0. The lowest BCUT2D eigenvalue weighted by Crippen LogP contribution is -2.51. The molecule has 0 saturated carbocycles. The van der Waals surface area contributed by atoms with Crippen molar-refractivity contribution in [2.24, 2.45) is 0 Å². The molecule has 1 atom stereocenters. The van der Waals surface area contributed by atoms with E-state index in [2.05, 4.69) is 9.69 Å². The number of rotatable bonds is 2. The Morgan fingerprint density at radius 3 is 2.89 bits per heavy atom. The van der Waals surface area contributed by atoms with E-state index in [1.807, 2.05) is 6.92 Å². The lowest BCUT2D eigenvalue weighted by Gasteiger charge is -2.32. The summed E-state index contributed by atoms with van der Waals surface area (Å²) >= 11 is 7.42. The van der Waals surface area contributed by atoms with Crippen molar-refractivity contribution in [1.82, 2.24) is 14.6 Å². The highest BCUT2D eigenvalue weighted by Gasteiger charge is 2.25. The van der Waals surface area contributed by atoms with E-state index in [9.17, 15) is 14.3 Å². The molecule has 1 fully saturated rings. The lowest BCUT2D eigenvalue weighted by molar-refractivity contribution is 0.0711. The van der Waals surface area contributed by atoms with Gasteiger partial charge in [0.2, 0.25) is 0 Å². The van der Waals surface area contributed by atoms with Crippen LogP contribution in [0, 0.1) is 5.82 Å². The number of carbonyl (C=O) groups is 1. The Kier molecular flexibility index (Phi) is 6.09. The Morgan fingerprint density at radius 2 is 2.18 bits per heavy atom. The first-order valence-corrected chi connectivity index (χ1v) is 9.68. The van der Waals surface area contributed by atoms with Crippen molar-refractivity contribution in [2.75, 3.05) is 19.6 Å². The molecule has 2 N–H and O–H groups in total. The van der Waals surface area contributed by atoms with Crippen molar-refractivity contribution in [2.45, 2.75) is 13.0 Å². The van der Waals surface area contributed by atoms with Crippen LogP contribution in [0.2, 0.25) is 5.02 Å². The second kappa shape index (κ2) is 8.21. The van der Waals surface area contributed by atoms with Gasteiger partial charge < -0.3 is 15.3 Å². The first-order chi connectivity index (χ1) is 12.9. The number of halogens is 3. The smallest absolute Gasteiger partial charge is 0.255 e. The quantitative estimate of drug-likeness (QED) is 0.621. The molecule has 0 bridgehead atoms. The van der Waals surface area contributed by atoms with Gasteiger partial charge in [0, 0.05) is 48.9 Å². The third kappa shape index (κ3) is 3.80. The van der Waals surface area contributed by atoms with Gasteiger partial charge in [-0.25, -0.2) is 4.39 Å². The summed E-state index contributed by atoms with van der Waals surface area (Å²) in [6, 6.07) is 5.94. The molecule has 1 aromatic heterocycles. The van der Waals surface area contributed by atoms with E-state index in [1.54, 1.807) is 23.2 Å². The van der Waals surface area contributed by atoms with Crippen molar-refractivity contribution in [3.8, 4) is 16.9 Å². The number of amides is 1. The molecule has 1 amide bonds. The third-order valence-electron chi connectivity index (χ3n) is 4.66. The summed E-state index contributed by atoms with van der Waals surface area (Å²) in [5.41, 5.74) is 1.13. The van der Waals surface area contributed by atoms with Gasteiger partial charge in [0.15, 0.2) is 0 Å². The van der Waals surface area contributed by atoms with Gasteiger partial charge in [-0.3, -0.25) is 4.79 Å². The number of benzene rings is 2. The molecule has 148 valence electrons. The zero-order chi connectivity index (χ0) is 19.1. The van der Waals surface area contributed by atoms with Crippen LogP contribution in [0.5, 0.6) is 5.75 Å². The van der Waals surface area contributed by atoms with Gasteiger partial charge in [-0.2, -0.15) is 4.37 Å². The molecular weight excluding hydrogens is 424 g/mol. The number of phenolic OH excluding ortho intramolecular Hbond substituents is 1. The van der Waals surface area contributed by atoms with Crippen LogP contribution in [0.25, 0.3) is 21.2 Å². The second-order valence-electron chi connectivity index (χ2n) is 6.66. The fourth-order valence-corrected chi connectivity index (χ4v) is 4.46. The molecule has 9 heteroatoms. The maximum absolute atomic E-state index is 14.5. The number of piperazine rings is 1. The minimum absolute atomic E-state index is 0. The van der Waals surface area contributed by atoms with Gasteiger partial charge in [-0.05, 0) is 42.2 Å². The molecule has 1 aliphatic rings. The fourth-order valence-electron chi connectivity index (χ4n) is 3.41. The largest absolute Gasteiger partial charge is 0.508 e. The van der Waals surface area contributed by atoms with Crippen LogP contribution in [0.3, 0.4) is 0 Å². The van der Waals surface area contributed by atoms with Crippen LogP contribution in [-0.4, -0.2) is 46.0 Å². The maximum atomic E-state index is 14.5. The molecule has 0 radical (unpaired) electrons. The molecule has 4 rings (SSSR count). The van der Waals surface area contributed by atoms with Crippen LogP contribution in [-0.2, 0) is 0 Å². The van der Waals surface area contributed by atoms with Crippen molar-refractivity contribution in [1.29, 1.82) is 0 Å². The average molecular weight is 442 g/mol. The van der Waals surface area contributed by atoms with Crippen LogP contribution in [0.15, 0.2) is 30.5 Å². The standard InChI is InChI=1S/C19H17ClFN3O2S.ClH/c1-10-9-24(3-2-22-10)19(26)14-5-11(4-12-8-23-27-18(12)14)17-15(20)6-13(25)7-16(17)21;/h4-8,10,22,25H,2-3,9H2,1H3;1H/t10-;/m1./s1. The monoisotopic (exact) mass is 441 g/mol. The Labute approximate surface area is 176 Å². The molecule has 0 unspecified atom stereocenters. The minimum atomic E-state index is -0.642. The summed E-state index contributed by atoms with van der Waals surface area (Å²) in [5.74, 6) is -0.989. The van der Waals surface area contributed by atoms with E-state index in [4.69, 9.17) is 11.6 Å². The number of phenols is 1. The summed E-state index contributed by atoms with van der Waals surface area (Å²) in [6.07, 6.45) is 1.66. The van der Waals surface area contributed by atoms with Gasteiger partial charge >= 0.3 is 0 Å². The normalized spacial score (nSPS) is 16.8. The maximum Gasteiger partial charge on any atom is 0.255 e. The topological polar surface area (TPSA) is 65.5 Å². The lowest BCUT2D eigenvalue weighted by atomic mass is 9.99. The van der Waals surface area contributed by atoms with Gasteiger partial charge in [0.1, 0.15) is 11.6 Å². The first-order valence-electron chi connectivity index (χ1n) is 8.53. The summed E-state index contributed by atoms with van der Waals surface area (Å²) in [5, 5.41) is 13.7. The fraction of sp³-hybridized carbons (Fsp3) is 0.263. The average Bonchev–Trinajstić information content (AvgIpc) is 3.08. The SMILES string of the molecule is C[C@@H]1CN(C(=O)c2cc(-c3c(F)cc(O)cc3Cl)cc3cnsc23)CCN1.Cl. The summed E-state index contributed by atoms with van der Waals surface area (Å²) in [7, 11) is 0. The highest BCUT2D eigenvalue weighted by atomic mass is 35.5. The van der Waals surface area contributed by atoms with Crippen molar-refractivity contribution < 1.29 is 14.3 Å². The molecule has 1 aliphatic heterocycles. The molecule has 0 aliphatic carbocycles. The van der Waals surface area contributed by atoms with Gasteiger partial charge in [-0.1, -0.05) is 11.6 Å². The highest BCUT2D eigenvalue weighted by Crippen LogP contribution is 2.37. The zero-order valence-electron chi connectivity index (χ0n) is 14.9. The number of aromatic nitrogens is 1. The number of carbonyl (C=O) groups excluding carboxylic acids is 1. The van der Waals surface area contributed by atoms with Crippen LogP contribution < -0.4 is 5.32 Å². The van der Waals surface area contributed by atoms with Crippen molar-refractivity contribution >= 4 is 51.5 Å². The molecular formula is C19H18Cl2FN3O2S. The Hall–Kier alpha value is -1.93. The minimum Gasteiger partial charge on any atom is -0.508 e. The Morgan fingerprint density at radius 1 is 1.39 bits per heavy atom. The molecule has 2 heterocycles. The van der Waals surface area contributed by atoms with Crippen molar-refractivity contribution in [3.05, 3.63) is 46.9 Å². The van der Waals surface area contributed by atoms with Crippen LogP contribution in [0.4, 0.5) is 4.39 Å². The van der Waals surface area contributed by atoms with E-state index in [0.29, 0.717) is 24.2 Å². The number of hydrogen-bond donors (Lipinski definition) is 2. The van der Waals surface area contributed by atoms with Gasteiger partial charge in [-0.15, -0.1) is 12.4 Å². The molecule has 0 spiro atoms. The number of nitrogens with one attached hydrogen (secondary N) is 1. The highest BCUT2D eigenvalue weighted by molar-refractivity contribution is 7.13. The van der Waals surface area contributed by atoms with E-state index < -0.39 is 5.82 Å². The van der Waals surface area contributed by atoms with E-state index in [0.717, 1.165) is 22.7 Å². The molecule has 3 aromatic rings. The number of nitrogens with zero attached hydrogens (tertiary/aromatic N) is 2. The predicted octanol–water partition coefficient (Wildman–Crippen LogP) is 4.32. The van der Waals surface area contributed by atoms with E-state index >= 15 is 0 Å². The molecule has 2 aromatic carbocycles. The van der Waals surface area contributed by atoms with Crippen molar-refractivity contribution in [3.63, 3.8) is 0 Å². The molecule has 28 heavy (non-hydrogen) atoms. The predicted molar refractivity (Wildman–Crippen MR) is 112 cm³/mol. The zero-order valence-corrected chi connectivity index (χ0v) is 17.3. The van der Waals surface area contributed by atoms with E-state index in [1.165, 1.54) is 17.6 Å². The van der Waals surface area contributed by atoms with Crippen LogP contribution in [0.1, 0.15) is 17.3 Å². The van der Waals surface area contributed by atoms with Gasteiger partial charge in [0.05, 0.1) is 15.3 Å². The second-order valence-corrected chi connectivity index (χ2v) is 7.87. The third-order valence-corrected chi connectivity index (χ3v) is 5.80. The Bertz CT molecular complexity index is 1020. The summed E-state index contributed by atoms with van der Waals surface area (Å²) in [6.45, 7) is 3.99. The number of hydrogen-bond acceptors (Lipinski definition) is 5. The summed E-state index contributed by atoms with van der Waals surface area (Å²) < 4.78 is 19.5. The molecule has 1 saturated heterocycles. The number of fused-ring (bicyclic) bond motifs is 1. The first kappa shape index (κ1) is 20.8. The van der Waals surface area contributed by atoms with Gasteiger partial charge in [0.25, 0.3) is 5.91 Å². The Balaban J connectivity index is 0.00000225. The van der Waals surface area contributed by atoms with Crippen LogP contribution >= 0.6 is 35.5 Å². The van der Waals surface area contributed by atoms with E-state index in [-0.39, 0.29) is 40.7 Å². The number of aromatic hydroxyl groups is 1.